The Morgan fingerprint density at radius 1 is 1.40 bits per heavy atom. The molecule has 0 aliphatic heterocycles. The van der Waals surface area contributed by atoms with Crippen LogP contribution in [0, 0.1) is 5.82 Å². The fourth-order valence-electron chi connectivity index (χ4n) is 2.25. The Bertz CT molecular complexity index is 912. The van der Waals surface area contributed by atoms with Crippen LogP contribution in [0.15, 0.2) is 36.7 Å². The van der Waals surface area contributed by atoms with Crippen molar-refractivity contribution in [1.29, 1.82) is 0 Å². The Hall–Kier alpha value is -3.36. The van der Waals surface area contributed by atoms with Crippen molar-refractivity contribution in [2.75, 3.05) is 17.7 Å². The van der Waals surface area contributed by atoms with Gasteiger partial charge in [-0.3, -0.25) is 4.79 Å². The molecule has 0 saturated carbocycles. The largest absolute Gasteiger partial charge is 0.493 e. The van der Waals surface area contributed by atoms with E-state index >= 15 is 0 Å². The predicted octanol–water partition coefficient (Wildman–Crippen LogP) is 1.92. The molecule has 0 aliphatic carbocycles. The Labute approximate surface area is 142 Å². The zero-order valence-electron chi connectivity index (χ0n) is 13.1. The zero-order chi connectivity index (χ0) is 17.8. The molecule has 0 atom stereocenters. The number of nitrogens with zero attached hydrogens (tertiary/aromatic N) is 3. The first-order chi connectivity index (χ1) is 12.0. The number of hydrogen-bond acceptors (Lipinski definition) is 6. The van der Waals surface area contributed by atoms with Gasteiger partial charge in [0.05, 0.1) is 24.9 Å². The Morgan fingerprint density at radius 2 is 2.24 bits per heavy atom. The number of carboxylic acids is 1. The first kappa shape index (κ1) is 16.5. The molecule has 2 heterocycles. The number of nitrogen functional groups attached to an aromatic ring is 1. The highest BCUT2D eigenvalue weighted by Crippen LogP contribution is 2.21. The Kier molecular flexibility index (Phi) is 4.64. The van der Waals surface area contributed by atoms with Crippen LogP contribution in [-0.4, -0.2) is 32.3 Å². The van der Waals surface area contributed by atoms with Gasteiger partial charge in [0.25, 0.3) is 0 Å². The van der Waals surface area contributed by atoms with Crippen molar-refractivity contribution in [3.8, 4) is 5.75 Å². The molecule has 0 saturated heterocycles. The third-order valence-electron chi connectivity index (χ3n) is 3.45. The lowest BCUT2D eigenvalue weighted by Gasteiger charge is -2.12. The van der Waals surface area contributed by atoms with Crippen molar-refractivity contribution in [3.63, 3.8) is 0 Å². The van der Waals surface area contributed by atoms with Gasteiger partial charge in [0.15, 0.2) is 5.65 Å². The van der Waals surface area contributed by atoms with Gasteiger partial charge in [0.1, 0.15) is 17.4 Å². The van der Waals surface area contributed by atoms with Crippen LogP contribution in [-0.2, 0) is 11.3 Å². The summed E-state index contributed by atoms with van der Waals surface area (Å²) in [5.41, 5.74) is 7.30. The number of nitrogens with two attached hydrogens (primary N) is 1. The highest BCUT2D eigenvalue weighted by Gasteiger charge is 2.08. The normalized spacial score (nSPS) is 10.8. The van der Waals surface area contributed by atoms with Crippen LogP contribution in [0.4, 0.5) is 15.9 Å². The van der Waals surface area contributed by atoms with Gasteiger partial charge >= 0.3 is 5.97 Å². The maximum Gasteiger partial charge on any atom is 0.306 e. The molecule has 1 aromatic carbocycles. The highest BCUT2D eigenvalue weighted by atomic mass is 19.1. The van der Waals surface area contributed by atoms with E-state index in [1.807, 2.05) is 0 Å². The van der Waals surface area contributed by atoms with Gasteiger partial charge in [-0.2, -0.15) is 5.10 Å². The maximum atomic E-state index is 13.5. The monoisotopic (exact) mass is 345 g/mol. The highest BCUT2D eigenvalue weighted by molar-refractivity contribution is 5.67. The summed E-state index contributed by atoms with van der Waals surface area (Å²) in [6.45, 7) is 0.252. The summed E-state index contributed by atoms with van der Waals surface area (Å²) in [6, 6.07) is 5.77. The minimum Gasteiger partial charge on any atom is -0.493 e. The van der Waals surface area contributed by atoms with Crippen LogP contribution in [0.2, 0.25) is 0 Å². The molecule has 8 nitrogen and oxygen atoms in total. The van der Waals surface area contributed by atoms with Crippen LogP contribution in [0.1, 0.15) is 12.0 Å². The minimum absolute atomic E-state index is 0.00450. The first-order valence-electron chi connectivity index (χ1n) is 7.49. The summed E-state index contributed by atoms with van der Waals surface area (Å²) in [4.78, 5) is 14.9. The summed E-state index contributed by atoms with van der Waals surface area (Å²) in [6.07, 6.45) is 3.08. The van der Waals surface area contributed by atoms with E-state index in [2.05, 4.69) is 15.4 Å². The summed E-state index contributed by atoms with van der Waals surface area (Å²) >= 11 is 0. The number of benzene rings is 1. The quantitative estimate of drug-likeness (QED) is 0.599. The standard InChI is InChI=1S/C16H16FN5O3/c17-11-1-2-13(25-6-4-15(23)24)10(7-11)8-19-14-3-5-22-16(21-14)12(18)9-20-22/h1-3,5,7,9H,4,6,8,18H2,(H,19,21)(H,23,24). The molecule has 4 N–H and O–H groups in total. The molecule has 0 bridgehead atoms. The molecular formula is C16H16FN5O3. The number of anilines is 2. The van der Waals surface area contributed by atoms with E-state index in [4.69, 9.17) is 15.6 Å². The smallest absolute Gasteiger partial charge is 0.306 e. The predicted molar refractivity (Wildman–Crippen MR) is 88.9 cm³/mol. The molecule has 130 valence electrons. The molecule has 0 fully saturated rings. The second kappa shape index (κ2) is 7.04. The molecule has 0 radical (unpaired) electrons. The summed E-state index contributed by atoms with van der Waals surface area (Å²) in [5, 5.41) is 15.8. The number of nitrogens with one attached hydrogen (secondary N) is 1. The van der Waals surface area contributed by atoms with E-state index < -0.39 is 11.8 Å². The molecule has 2 aromatic heterocycles. The molecule has 0 amide bonds. The van der Waals surface area contributed by atoms with Crippen LogP contribution < -0.4 is 15.8 Å². The van der Waals surface area contributed by atoms with Gasteiger partial charge in [0.2, 0.25) is 0 Å². The average Bonchev–Trinajstić information content (AvgIpc) is 2.95. The number of fused-ring (bicyclic) bond motifs is 1. The molecule has 9 heteroatoms. The maximum absolute atomic E-state index is 13.5. The molecule has 3 rings (SSSR count). The van der Waals surface area contributed by atoms with Crippen molar-refractivity contribution >= 4 is 23.1 Å². The van der Waals surface area contributed by atoms with Crippen LogP contribution in [0.3, 0.4) is 0 Å². The number of ether oxygens (including phenoxy) is 1. The topological polar surface area (TPSA) is 115 Å². The lowest BCUT2D eigenvalue weighted by Crippen LogP contribution is -2.09. The van der Waals surface area contributed by atoms with Crippen LogP contribution in [0.5, 0.6) is 5.75 Å². The van der Waals surface area contributed by atoms with Gasteiger partial charge in [0, 0.05) is 18.3 Å². The number of carbonyl (C=O) groups is 1. The van der Waals surface area contributed by atoms with Gasteiger partial charge in [-0.05, 0) is 24.3 Å². The molecule has 25 heavy (non-hydrogen) atoms. The van der Waals surface area contributed by atoms with E-state index in [0.717, 1.165) is 0 Å². The average molecular weight is 345 g/mol. The third kappa shape index (κ3) is 3.94. The van der Waals surface area contributed by atoms with E-state index in [0.29, 0.717) is 28.5 Å². The van der Waals surface area contributed by atoms with E-state index in [-0.39, 0.29) is 19.6 Å². The van der Waals surface area contributed by atoms with E-state index in [1.54, 1.807) is 16.8 Å². The lowest BCUT2D eigenvalue weighted by molar-refractivity contribution is -0.137. The van der Waals surface area contributed by atoms with Crippen molar-refractivity contribution in [1.82, 2.24) is 14.6 Å². The van der Waals surface area contributed by atoms with Crippen molar-refractivity contribution in [3.05, 3.63) is 48.0 Å². The number of aliphatic carboxylic acids is 1. The molecule has 3 aromatic rings. The number of hydrogen-bond donors (Lipinski definition) is 3. The van der Waals surface area contributed by atoms with Gasteiger partial charge in [-0.25, -0.2) is 13.9 Å². The second-order valence-electron chi connectivity index (χ2n) is 5.28. The number of aromatic nitrogens is 3. The molecular weight excluding hydrogens is 329 g/mol. The van der Waals surface area contributed by atoms with E-state index in [1.165, 1.54) is 24.4 Å². The lowest BCUT2D eigenvalue weighted by atomic mass is 10.2. The SMILES string of the molecule is Nc1cnn2ccc(NCc3cc(F)ccc3OCCC(=O)O)nc12. The second-order valence-corrected chi connectivity index (χ2v) is 5.28. The first-order valence-corrected chi connectivity index (χ1v) is 7.49. The summed E-state index contributed by atoms with van der Waals surface area (Å²) < 4.78 is 20.5. The minimum atomic E-state index is -0.960. The fourth-order valence-corrected chi connectivity index (χ4v) is 2.25. The van der Waals surface area contributed by atoms with Gasteiger partial charge < -0.3 is 20.9 Å². The van der Waals surface area contributed by atoms with Gasteiger partial charge in [-0.15, -0.1) is 0 Å². The summed E-state index contributed by atoms with van der Waals surface area (Å²) in [5.74, 6) is -0.413. The molecule has 0 aliphatic rings. The fraction of sp³-hybridized carbons (Fsp3) is 0.188. The molecule has 0 unspecified atom stereocenters. The van der Waals surface area contributed by atoms with E-state index in [9.17, 15) is 9.18 Å². The number of rotatable bonds is 7. The summed E-state index contributed by atoms with van der Waals surface area (Å²) in [7, 11) is 0. The van der Waals surface area contributed by atoms with Crippen molar-refractivity contribution in [2.24, 2.45) is 0 Å². The zero-order valence-corrected chi connectivity index (χ0v) is 13.1. The molecule has 0 spiro atoms. The van der Waals surface area contributed by atoms with Crippen molar-refractivity contribution in [2.45, 2.75) is 13.0 Å². The van der Waals surface area contributed by atoms with Crippen molar-refractivity contribution < 1.29 is 19.0 Å². The Morgan fingerprint density at radius 3 is 3.04 bits per heavy atom. The van der Waals surface area contributed by atoms with Crippen LogP contribution in [0.25, 0.3) is 5.65 Å². The number of halogens is 1. The van der Waals surface area contributed by atoms with Crippen LogP contribution >= 0.6 is 0 Å². The van der Waals surface area contributed by atoms with Gasteiger partial charge in [-0.1, -0.05) is 0 Å². The third-order valence-corrected chi connectivity index (χ3v) is 3.45. The number of carboxylic acid groups (broad SMARTS) is 1. The Balaban J connectivity index is 1.73.